The topological polar surface area (TPSA) is 76.2 Å². The lowest BCUT2D eigenvalue weighted by Gasteiger charge is -2.10. The van der Waals surface area contributed by atoms with Gasteiger partial charge >= 0.3 is 5.69 Å². The van der Waals surface area contributed by atoms with Crippen LogP contribution >= 0.6 is 27.5 Å². The Hall–Kier alpha value is -2.10. The van der Waals surface area contributed by atoms with Crippen molar-refractivity contribution in [3.05, 3.63) is 67.1 Å². The zero-order chi connectivity index (χ0) is 15.4. The Balaban J connectivity index is 2.25. The van der Waals surface area contributed by atoms with Crippen LogP contribution in [0.4, 0.5) is 5.69 Å². The Morgan fingerprint density at radius 1 is 1.38 bits per heavy atom. The molecule has 2 aromatic carbocycles. The fraction of sp³-hybridized carbons (Fsp3) is 0.0714. The molecule has 21 heavy (non-hydrogen) atoms. The summed E-state index contributed by atoms with van der Waals surface area (Å²) in [5, 5.41) is 20.1. The largest absolute Gasteiger partial charge is 0.481 e. The molecule has 0 unspecified atom stereocenters. The molecule has 0 radical (unpaired) electrons. The molecular formula is C14H8BrClN2O3. The number of benzene rings is 2. The molecular weight excluding hydrogens is 360 g/mol. The lowest BCUT2D eigenvalue weighted by molar-refractivity contribution is -0.386. The average Bonchev–Trinajstić information content (AvgIpc) is 2.46. The smallest absolute Gasteiger partial charge is 0.312 e. The third-order valence-corrected chi connectivity index (χ3v) is 3.67. The number of para-hydroxylation sites is 1. The molecule has 0 heterocycles. The predicted molar refractivity (Wildman–Crippen MR) is 81.3 cm³/mol. The third-order valence-electron chi connectivity index (χ3n) is 2.70. The molecule has 0 N–H and O–H groups in total. The van der Waals surface area contributed by atoms with Gasteiger partial charge in [-0.2, -0.15) is 5.26 Å². The highest BCUT2D eigenvalue weighted by molar-refractivity contribution is 9.10. The molecule has 0 aliphatic carbocycles. The second kappa shape index (κ2) is 6.57. The summed E-state index contributed by atoms with van der Waals surface area (Å²) in [6, 6.07) is 11.3. The van der Waals surface area contributed by atoms with Gasteiger partial charge in [0.25, 0.3) is 0 Å². The first kappa shape index (κ1) is 15.3. The second-order valence-electron chi connectivity index (χ2n) is 4.05. The number of nitro benzene ring substituents is 1. The van der Waals surface area contributed by atoms with E-state index in [1.807, 2.05) is 6.07 Å². The van der Waals surface area contributed by atoms with Gasteiger partial charge in [-0.3, -0.25) is 10.1 Å². The predicted octanol–water partition coefficient (Wildman–Crippen LogP) is 4.46. The molecule has 0 bridgehead atoms. The van der Waals surface area contributed by atoms with E-state index in [4.69, 9.17) is 21.6 Å². The van der Waals surface area contributed by atoms with Crippen molar-refractivity contribution in [2.75, 3.05) is 0 Å². The van der Waals surface area contributed by atoms with Crippen molar-refractivity contribution in [1.82, 2.24) is 0 Å². The van der Waals surface area contributed by atoms with E-state index in [9.17, 15) is 10.1 Å². The quantitative estimate of drug-likeness (QED) is 0.590. The van der Waals surface area contributed by atoms with Gasteiger partial charge < -0.3 is 4.74 Å². The van der Waals surface area contributed by atoms with Crippen molar-refractivity contribution in [2.24, 2.45) is 0 Å². The first-order chi connectivity index (χ1) is 10.0. The van der Waals surface area contributed by atoms with E-state index in [-0.39, 0.29) is 18.0 Å². The van der Waals surface area contributed by atoms with Gasteiger partial charge in [0, 0.05) is 16.7 Å². The van der Waals surface area contributed by atoms with Crippen LogP contribution in [0.5, 0.6) is 5.75 Å². The van der Waals surface area contributed by atoms with Gasteiger partial charge in [0.1, 0.15) is 6.61 Å². The molecule has 0 aromatic heterocycles. The van der Waals surface area contributed by atoms with Crippen molar-refractivity contribution in [3.8, 4) is 11.8 Å². The number of hydrogen-bond acceptors (Lipinski definition) is 4. The van der Waals surface area contributed by atoms with E-state index in [2.05, 4.69) is 15.9 Å². The minimum atomic E-state index is -0.513. The van der Waals surface area contributed by atoms with Crippen LogP contribution in [0.25, 0.3) is 0 Å². The van der Waals surface area contributed by atoms with Crippen molar-refractivity contribution in [3.63, 3.8) is 0 Å². The number of nitrogens with zero attached hydrogens (tertiary/aromatic N) is 2. The molecule has 2 rings (SSSR count). The summed E-state index contributed by atoms with van der Waals surface area (Å²) in [5.41, 5.74) is 0.950. The van der Waals surface area contributed by atoms with Crippen LogP contribution < -0.4 is 4.74 Å². The number of nitriles is 1. The van der Waals surface area contributed by atoms with Gasteiger partial charge in [0.2, 0.25) is 5.75 Å². The summed E-state index contributed by atoms with van der Waals surface area (Å²) >= 11 is 9.26. The first-order valence-corrected chi connectivity index (χ1v) is 6.94. The zero-order valence-electron chi connectivity index (χ0n) is 10.5. The maximum Gasteiger partial charge on any atom is 0.312 e. The van der Waals surface area contributed by atoms with Crippen LogP contribution in [-0.2, 0) is 6.61 Å². The molecule has 7 heteroatoms. The van der Waals surface area contributed by atoms with Crippen LogP contribution in [0, 0.1) is 21.4 Å². The monoisotopic (exact) mass is 366 g/mol. The van der Waals surface area contributed by atoms with E-state index in [1.54, 1.807) is 24.3 Å². The van der Waals surface area contributed by atoms with E-state index in [1.165, 1.54) is 12.1 Å². The van der Waals surface area contributed by atoms with Crippen LogP contribution in [0.15, 0.2) is 40.9 Å². The molecule has 0 atom stereocenters. The molecule has 5 nitrogen and oxygen atoms in total. The van der Waals surface area contributed by atoms with Gasteiger partial charge in [-0.05, 0) is 34.1 Å². The van der Waals surface area contributed by atoms with Gasteiger partial charge in [-0.15, -0.1) is 0 Å². The normalized spacial score (nSPS) is 9.95. The Bertz CT molecular complexity index is 743. The van der Waals surface area contributed by atoms with Crippen LogP contribution in [0.3, 0.4) is 0 Å². The molecule has 0 fully saturated rings. The summed E-state index contributed by atoms with van der Waals surface area (Å²) in [7, 11) is 0. The number of halogens is 2. The lowest BCUT2D eigenvalue weighted by atomic mass is 10.1. The number of nitro groups is 1. The fourth-order valence-electron chi connectivity index (χ4n) is 1.67. The van der Waals surface area contributed by atoms with Gasteiger partial charge in [-0.25, -0.2) is 0 Å². The summed E-state index contributed by atoms with van der Waals surface area (Å²) in [6.45, 7) is 0.0635. The number of hydrogen-bond donors (Lipinski definition) is 0. The Labute approximate surface area is 134 Å². The van der Waals surface area contributed by atoms with E-state index < -0.39 is 4.92 Å². The highest BCUT2D eigenvalue weighted by atomic mass is 79.9. The van der Waals surface area contributed by atoms with Crippen molar-refractivity contribution in [2.45, 2.75) is 6.61 Å². The number of rotatable bonds is 4. The third kappa shape index (κ3) is 3.51. The number of ether oxygens (including phenoxy) is 1. The zero-order valence-corrected chi connectivity index (χ0v) is 12.9. The summed E-state index contributed by atoms with van der Waals surface area (Å²) in [4.78, 5) is 10.5. The van der Waals surface area contributed by atoms with Gasteiger partial charge in [0.15, 0.2) is 0 Å². The lowest BCUT2D eigenvalue weighted by Crippen LogP contribution is -2.00. The van der Waals surface area contributed by atoms with Crippen LogP contribution in [-0.4, -0.2) is 4.92 Å². The van der Waals surface area contributed by atoms with Crippen molar-refractivity contribution < 1.29 is 9.66 Å². The SMILES string of the molecule is N#Cc1ccc(COc2c(Br)cccc2[N+](=O)[O-])c(Cl)c1. The highest BCUT2D eigenvalue weighted by Gasteiger charge is 2.18. The van der Waals surface area contributed by atoms with Crippen LogP contribution in [0.1, 0.15) is 11.1 Å². The molecule has 106 valence electrons. The Kier molecular flexibility index (Phi) is 4.78. The fourth-order valence-corrected chi connectivity index (χ4v) is 2.37. The van der Waals surface area contributed by atoms with Crippen molar-refractivity contribution in [1.29, 1.82) is 5.26 Å². The first-order valence-electron chi connectivity index (χ1n) is 5.77. The maximum absolute atomic E-state index is 11.0. The van der Waals surface area contributed by atoms with E-state index in [0.717, 1.165) is 0 Å². The minimum Gasteiger partial charge on any atom is -0.481 e. The van der Waals surface area contributed by atoms with Crippen LogP contribution in [0.2, 0.25) is 5.02 Å². The average molecular weight is 368 g/mol. The molecule has 0 spiro atoms. The highest BCUT2D eigenvalue weighted by Crippen LogP contribution is 2.35. The summed E-state index contributed by atoms with van der Waals surface area (Å²) < 4.78 is 6.00. The summed E-state index contributed by atoms with van der Waals surface area (Å²) in [5.74, 6) is 0.142. The van der Waals surface area contributed by atoms with Gasteiger partial charge in [0.05, 0.1) is 21.0 Å². The van der Waals surface area contributed by atoms with E-state index >= 15 is 0 Å². The standard InChI is InChI=1S/C14H8BrClN2O3/c15-11-2-1-3-13(18(19)20)14(11)21-8-10-5-4-9(7-17)6-12(10)16/h1-6H,8H2. The summed E-state index contributed by atoms with van der Waals surface area (Å²) in [6.07, 6.45) is 0. The minimum absolute atomic E-state index is 0.0635. The molecule has 0 aliphatic rings. The molecule has 2 aromatic rings. The molecule has 0 amide bonds. The van der Waals surface area contributed by atoms with E-state index in [0.29, 0.717) is 20.6 Å². The molecule has 0 aliphatic heterocycles. The van der Waals surface area contributed by atoms with Crippen molar-refractivity contribution >= 4 is 33.2 Å². The Morgan fingerprint density at radius 2 is 2.14 bits per heavy atom. The molecule has 0 saturated heterocycles. The Morgan fingerprint density at radius 3 is 2.76 bits per heavy atom. The maximum atomic E-state index is 11.0. The molecule has 0 saturated carbocycles. The van der Waals surface area contributed by atoms with Gasteiger partial charge in [-0.1, -0.05) is 23.7 Å². The second-order valence-corrected chi connectivity index (χ2v) is 5.31.